The monoisotopic (exact) mass is 839 g/mol. The molecular weight excluding hydrogens is 791 g/mol. The van der Waals surface area contributed by atoms with Crippen molar-refractivity contribution in [3.63, 3.8) is 0 Å². The molecular formula is C60H49N5. The minimum absolute atomic E-state index is 0.0641. The van der Waals surface area contributed by atoms with Crippen LogP contribution in [0.2, 0.25) is 0 Å². The van der Waals surface area contributed by atoms with Gasteiger partial charge in [-0.15, -0.1) is 0 Å². The van der Waals surface area contributed by atoms with Crippen molar-refractivity contribution >= 4 is 43.6 Å². The van der Waals surface area contributed by atoms with Crippen molar-refractivity contribution in [2.75, 3.05) is 0 Å². The van der Waals surface area contributed by atoms with Gasteiger partial charge in [-0.05, 0) is 86.9 Å². The molecule has 0 radical (unpaired) electrons. The third kappa shape index (κ3) is 6.17. The summed E-state index contributed by atoms with van der Waals surface area (Å²) in [5.41, 5.74) is 15.4. The summed E-state index contributed by atoms with van der Waals surface area (Å²) < 4.78 is 4.72. The highest BCUT2D eigenvalue weighted by Gasteiger charge is 2.43. The van der Waals surface area contributed by atoms with Gasteiger partial charge in [-0.3, -0.25) is 4.57 Å². The molecule has 65 heavy (non-hydrogen) atoms. The third-order valence-electron chi connectivity index (χ3n) is 14.5. The van der Waals surface area contributed by atoms with E-state index in [1.807, 2.05) is 36.4 Å². The van der Waals surface area contributed by atoms with Gasteiger partial charge in [0.25, 0.3) is 0 Å². The fourth-order valence-electron chi connectivity index (χ4n) is 11.0. The van der Waals surface area contributed by atoms with E-state index in [-0.39, 0.29) is 10.8 Å². The van der Waals surface area contributed by atoms with Gasteiger partial charge in [0.15, 0.2) is 11.6 Å². The number of rotatable bonds is 6. The molecule has 3 heterocycles. The molecule has 11 aromatic rings. The van der Waals surface area contributed by atoms with Crippen LogP contribution in [-0.2, 0) is 10.8 Å². The number of benzene rings is 8. The van der Waals surface area contributed by atoms with Gasteiger partial charge < -0.3 is 4.57 Å². The summed E-state index contributed by atoms with van der Waals surface area (Å²) in [5, 5.41) is 4.63. The molecule has 1 aliphatic rings. The van der Waals surface area contributed by atoms with Crippen molar-refractivity contribution in [1.82, 2.24) is 24.1 Å². The third-order valence-corrected chi connectivity index (χ3v) is 14.5. The zero-order valence-electron chi connectivity index (χ0n) is 37.4. The second-order valence-electron chi connectivity index (χ2n) is 19.1. The molecule has 3 aromatic heterocycles. The van der Waals surface area contributed by atoms with Gasteiger partial charge in [0, 0.05) is 38.4 Å². The van der Waals surface area contributed by atoms with Gasteiger partial charge in [0.05, 0.1) is 22.1 Å². The van der Waals surface area contributed by atoms with Gasteiger partial charge in [-0.25, -0.2) is 4.98 Å². The van der Waals surface area contributed by atoms with Crippen molar-refractivity contribution in [2.45, 2.75) is 51.9 Å². The minimum Gasteiger partial charge on any atom is -0.307 e. The molecule has 0 spiro atoms. The molecule has 1 unspecified atom stereocenters. The Morgan fingerprint density at radius 1 is 0.446 bits per heavy atom. The number of fused-ring (bicyclic) bond motifs is 8. The van der Waals surface area contributed by atoms with E-state index in [0.29, 0.717) is 23.5 Å². The molecule has 0 fully saturated rings. The fourth-order valence-corrected chi connectivity index (χ4v) is 11.0. The molecule has 0 saturated carbocycles. The Kier molecular flexibility index (Phi) is 8.83. The quantitative estimate of drug-likeness (QED) is 0.168. The van der Waals surface area contributed by atoms with E-state index < -0.39 is 0 Å². The molecule has 0 amide bonds. The predicted octanol–water partition coefficient (Wildman–Crippen LogP) is 15.3. The molecule has 0 aliphatic heterocycles. The Bertz CT molecular complexity index is 3590. The molecule has 5 heteroatoms. The maximum Gasteiger partial charge on any atom is 0.238 e. The molecule has 5 nitrogen and oxygen atoms in total. The average molecular weight is 840 g/mol. The number of aromatic nitrogens is 5. The van der Waals surface area contributed by atoms with Crippen LogP contribution < -0.4 is 0 Å². The highest BCUT2D eigenvalue weighted by atomic mass is 15.2. The predicted molar refractivity (Wildman–Crippen MR) is 270 cm³/mol. The van der Waals surface area contributed by atoms with Crippen LogP contribution in [0.1, 0.15) is 52.2 Å². The summed E-state index contributed by atoms with van der Waals surface area (Å²) in [7, 11) is 0. The van der Waals surface area contributed by atoms with E-state index in [1.165, 1.54) is 44.2 Å². The smallest absolute Gasteiger partial charge is 0.238 e. The molecule has 8 aromatic carbocycles. The van der Waals surface area contributed by atoms with Gasteiger partial charge in [-0.2, -0.15) is 9.97 Å². The highest BCUT2D eigenvalue weighted by Crippen LogP contribution is 2.52. The van der Waals surface area contributed by atoms with Gasteiger partial charge in [0.2, 0.25) is 5.95 Å². The lowest BCUT2D eigenvalue weighted by atomic mass is 9.57. The van der Waals surface area contributed by atoms with Crippen LogP contribution in [0.3, 0.4) is 0 Å². The first-order chi connectivity index (χ1) is 31.7. The average Bonchev–Trinajstić information content (AvgIpc) is 3.87. The van der Waals surface area contributed by atoms with E-state index in [9.17, 15) is 0 Å². The van der Waals surface area contributed by atoms with E-state index in [1.54, 1.807) is 0 Å². The van der Waals surface area contributed by atoms with Crippen LogP contribution in [0, 0.1) is 5.92 Å². The van der Waals surface area contributed by atoms with Crippen LogP contribution >= 0.6 is 0 Å². The minimum atomic E-state index is 0.0641. The van der Waals surface area contributed by atoms with Gasteiger partial charge in [-0.1, -0.05) is 192 Å². The Labute approximate surface area is 379 Å². The molecule has 0 N–H and O–H groups in total. The second kappa shape index (κ2) is 14.7. The van der Waals surface area contributed by atoms with Crippen molar-refractivity contribution < 1.29 is 0 Å². The molecule has 12 rings (SSSR count). The molecule has 1 atom stereocenters. The number of para-hydroxylation sites is 2. The Morgan fingerprint density at radius 2 is 0.954 bits per heavy atom. The zero-order chi connectivity index (χ0) is 44.0. The van der Waals surface area contributed by atoms with Crippen LogP contribution in [0.15, 0.2) is 188 Å². The summed E-state index contributed by atoms with van der Waals surface area (Å²) in [6.45, 7) is 12.1. The summed E-state index contributed by atoms with van der Waals surface area (Å²) in [6, 6.07) is 67.6. The first kappa shape index (κ1) is 39.0. The summed E-state index contributed by atoms with van der Waals surface area (Å²) >= 11 is 0. The zero-order valence-corrected chi connectivity index (χ0v) is 37.4. The van der Waals surface area contributed by atoms with Gasteiger partial charge in [0.1, 0.15) is 0 Å². The lowest BCUT2D eigenvalue weighted by Crippen LogP contribution is -2.40. The molecule has 0 bridgehead atoms. The highest BCUT2D eigenvalue weighted by molar-refractivity contribution is 6.23. The van der Waals surface area contributed by atoms with Crippen molar-refractivity contribution in [3.05, 3.63) is 199 Å². The summed E-state index contributed by atoms with van der Waals surface area (Å²) in [5.74, 6) is 2.41. The maximum atomic E-state index is 5.30. The lowest BCUT2D eigenvalue weighted by Gasteiger charge is -2.47. The SMILES string of the molecule is CC1CC(C)(C)c2c(-c3cccc(-c4cccc(-n5c6ccccc6c6ccc7c8ccccc8n(-c8nc(-c9ccccc9)nc(-c9ccccc9)n8)c7c65)c4)c3)cccc2C1(C)C. The number of hydrogen-bond acceptors (Lipinski definition) is 3. The Morgan fingerprint density at radius 3 is 1.60 bits per heavy atom. The fraction of sp³-hybridized carbons (Fsp3) is 0.150. The summed E-state index contributed by atoms with van der Waals surface area (Å²) in [6.07, 6.45) is 1.16. The first-order valence-corrected chi connectivity index (χ1v) is 22.8. The van der Waals surface area contributed by atoms with Crippen LogP contribution in [0.4, 0.5) is 0 Å². The van der Waals surface area contributed by atoms with Crippen LogP contribution in [0.5, 0.6) is 0 Å². The Balaban J connectivity index is 1.10. The van der Waals surface area contributed by atoms with Crippen molar-refractivity contribution in [3.8, 4) is 56.7 Å². The van der Waals surface area contributed by atoms with Crippen molar-refractivity contribution in [1.29, 1.82) is 0 Å². The first-order valence-electron chi connectivity index (χ1n) is 22.8. The second-order valence-corrected chi connectivity index (χ2v) is 19.1. The van der Waals surface area contributed by atoms with E-state index in [4.69, 9.17) is 15.0 Å². The van der Waals surface area contributed by atoms with E-state index >= 15 is 0 Å². The van der Waals surface area contributed by atoms with E-state index in [2.05, 4.69) is 195 Å². The normalized spacial score (nSPS) is 15.5. The Hall–Kier alpha value is -7.63. The molecule has 1 aliphatic carbocycles. The van der Waals surface area contributed by atoms with Gasteiger partial charge >= 0.3 is 0 Å². The van der Waals surface area contributed by atoms with Crippen LogP contribution in [0.25, 0.3) is 100 Å². The summed E-state index contributed by atoms with van der Waals surface area (Å²) in [4.78, 5) is 15.7. The van der Waals surface area contributed by atoms with E-state index in [0.717, 1.165) is 56.1 Å². The number of nitrogens with zero attached hydrogens (tertiary/aromatic N) is 5. The van der Waals surface area contributed by atoms with Crippen LogP contribution in [-0.4, -0.2) is 24.1 Å². The topological polar surface area (TPSA) is 48.5 Å². The largest absolute Gasteiger partial charge is 0.307 e. The number of hydrogen-bond donors (Lipinski definition) is 0. The lowest BCUT2D eigenvalue weighted by molar-refractivity contribution is 0.234. The van der Waals surface area contributed by atoms with Crippen molar-refractivity contribution in [2.24, 2.45) is 5.92 Å². The maximum absolute atomic E-state index is 5.30. The molecule has 0 saturated heterocycles. The molecule has 314 valence electrons. The standard InChI is InChI=1S/C60H49N5/c1-38-37-59(2,3)53-45(29-18-30-50(53)60(38,4)5)43-25-16-23-41(35-43)42-24-17-26-44(36-42)64-51-31-14-12-27-46(51)48-33-34-49-47-28-13-15-32-52(47)65(55(49)54(48)64)58-62-56(39-19-8-6-9-20-39)61-57(63-58)40-21-10-7-11-22-40/h6-36,38H,37H2,1-5H3.